The van der Waals surface area contributed by atoms with Gasteiger partial charge in [0.25, 0.3) is 0 Å². The predicted octanol–water partition coefficient (Wildman–Crippen LogP) is 2.64. The molecule has 0 aliphatic heterocycles. The van der Waals surface area contributed by atoms with Gasteiger partial charge in [-0.05, 0) is 50.0 Å². The molecule has 2 N–H and O–H groups in total. The Kier molecular flexibility index (Phi) is 5.88. The molecular weight excluding hydrogens is 248 g/mol. The van der Waals surface area contributed by atoms with Crippen LogP contribution >= 0.6 is 0 Å². The van der Waals surface area contributed by atoms with E-state index in [1.165, 1.54) is 38.6 Å². The quantitative estimate of drug-likeness (QED) is 0.718. The van der Waals surface area contributed by atoms with Crippen LogP contribution in [0.25, 0.3) is 0 Å². The zero-order valence-electron chi connectivity index (χ0n) is 13.7. The largest absolute Gasteiger partial charge is 0.396 e. The smallest absolute Gasteiger partial charge is 0.0443 e. The first-order valence-electron chi connectivity index (χ1n) is 8.66. The van der Waals surface area contributed by atoms with Crippen molar-refractivity contribution in [3.63, 3.8) is 0 Å². The lowest BCUT2D eigenvalue weighted by atomic mass is 9.84. The van der Waals surface area contributed by atoms with Gasteiger partial charge in [-0.25, -0.2) is 0 Å². The molecule has 3 nitrogen and oxygen atoms in total. The second-order valence-electron chi connectivity index (χ2n) is 7.48. The van der Waals surface area contributed by atoms with Crippen molar-refractivity contribution in [2.24, 2.45) is 11.3 Å². The van der Waals surface area contributed by atoms with Crippen LogP contribution in [0.1, 0.15) is 59.3 Å². The minimum atomic E-state index is 0.329. The van der Waals surface area contributed by atoms with Crippen LogP contribution in [-0.2, 0) is 0 Å². The van der Waals surface area contributed by atoms with Crippen LogP contribution in [0.3, 0.4) is 0 Å². The van der Waals surface area contributed by atoms with Crippen LogP contribution in [-0.4, -0.2) is 48.3 Å². The molecule has 0 aromatic carbocycles. The fraction of sp³-hybridized carbons (Fsp3) is 1.00. The van der Waals surface area contributed by atoms with Crippen LogP contribution in [0.4, 0.5) is 0 Å². The van der Waals surface area contributed by atoms with Crippen molar-refractivity contribution >= 4 is 0 Å². The van der Waals surface area contributed by atoms with Gasteiger partial charge in [0.05, 0.1) is 0 Å². The summed E-state index contributed by atoms with van der Waals surface area (Å²) in [7, 11) is 0. The lowest BCUT2D eigenvalue weighted by molar-refractivity contribution is 0.0880. The van der Waals surface area contributed by atoms with Crippen LogP contribution in [0.2, 0.25) is 0 Å². The van der Waals surface area contributed by atoms with Crippen molar-refractivity contribution in [2.45, 2.75) is 71.4 Å². The Bertz CT molecular complexity index is 289. The van der Waals surface area contributed by atoms with Crippen molar-refractivity contribution in [3.05, 3.63) is 0 Å². The molecule has 2 saturated carbocycles. The van der Waals surface area contributed by atoms with Gasteiger partial charge in [0, 0.05) is 31.8 Å². The number of hydrogen-bond donors (Lipinski definition) is 2. The second-order valence-corrected chi connectivity index (χ2v) is 7.48. The van der Waals surface area contributed by atoms with Gasteiger partial charge in [-0.15, -0.1) is 0 Å². The van der Waals surface area contributed by atoms with Gasteiger partial charge in [-0.1, -0.05) is 27.2 Å². The monoisotopic (exact) mass is 282 g/mol. The Morgan fingerprint density at radius 2 is 2.00 bits per heavy atom. The summed E-state index contributed by atoms with van der Waals surface area (Å²) in [6.45, 7) is 10.8. The number of aliphatic hydroxyl groups excluding tert-OH is 1. The highest BCUT2D eigenvalue weighted by atomic mass is 16.3. The van der Waals surface area contributed by atoms with E-state index in [0.717, 1.165) is 31.5 Å². The third-order valence-corrected chi connectivity index (χ3v) is 5.56. The van der Waals surface area contributed by atoms with Gasteiger partial charge in [-0.3, -0.25) is 4.90 Å². The summed E-state index contributed by atoms with van der Waals surface area (Å²) in [5.41, 5.74) is 0.433. The Morgan fingerprint density at radius 3 is 2.55 bits per heavy atom. The molecule has 2 rings (SSSR count). The number of nitrogens with one attached hydrogen (secondary N) is 1. The molecule has 2 aliphatic rings. The van der Waals surface area contributed by atoms with E-state index in [1.807, 2.05) is 0 Å². The third-order valence-electron chi connectivity index (χ3n) is 5.56. The topological polar surface area (TPSA) is 35.5 Å². The van der Waals surface area contributed by atoms with E-state index in [2.05, 4.69) is 31.0 Å². The molecule has 2 aliphatic carbocycles. The van der Waals surface area contributed by atoms with E-state index >= 15 is 0 Å². The van der Waals surface area contributed by atoms with E-state index in [4.69, 9.17) is 5.11 Å². The highest BCUT2D eigenvalue weighted by Gasteiger charge is 2.42. The van der Waals surface area contributed by atoms with Gasteiger partial charge in [0.2, 0.25) is 0 Å². The second kappa shape index (κ2) is 7.24. The summed E-state index contributed by atoms with van der Waals surface area (Å²) in [5, 5.41) is 12.9. The van der Waals surface area contributed by atoms with E-state index in [1.54, 1.807) is 0 Å². The average molecular weight is 282 g/mol. The summed E-state index contributed by atoms with van der Waals surface area (Å²) in [6, 6.07) is 1.46. The molecule has 118 valence electrons. The molecule has 0 amide bonds. The fourth-order valence-electron chi connectivity index (χ4n) is 4.13. The Morgan fingerprint density at radius 1 is 1.25 bits per heavy atom. The highest BCUT2D eigenvalue weighted by molar-refractivity contribution is 4.97. The molecule has 2 fully saturated rings. The lowest BCUT2D eigenvalue weighted by Crippen LogP contribution is -2.49. The summed E-state index contributed by atoms with van der Waals surface area (Å²) in [5.74, 6) is 0.782. The van der Waals surface area contributed by atoms with E-state index in [9.17, 15) is 0 Å². The van der Waals surface area contributed by atoms with Gasteiger partial charge in [0.1, 0.15) is 0 Å². The van der Waals surface area contributed by atoms with E-state index in [-0.39, 0.29) is 0 Å². The van der Waals surface area contributed by atoms with Gasteiger partial charge < -0.3 is 10.4 Å². The normalized spacial score (nSPS) is 29.9. The van der Waals surface area contributed by atoms with E-state index in [0.29, 0.717) is 18.1 Å². The van der Waals surface area contributed by atoms with Crippen molar-refractivity contribution < 1.29 is 5.11 Å². The molecule has 0 spiro atoms. The maximum absolute atomic E-state index is 9.13. The number of hydrogen-bond acceptors (Lipinski definition) is 3. The molecular formula is C17H34N2O. The molecule has 20 heavy (non-hydrogen) atoms. The standard InChI is InChI=1S/C17H34N2O/c1-4-18-16-14(9-10-17(16,2)3)13-19(11-6-12-20)15-7-5-8-15/h14-16,18,20H,4-13H2,1-3H3. The van der Waals surface area contributed by atoms with E-state index < -0.39 is 0 Å². The Balaban J connectivity index is 1.94. The number of nitrogens with zero attached hydrogens (tertiary/aromatic N) is 1. The number of aliphatic hydroxyl groups is 1. The first-order chi connectivity index (χ1) is 9.58. The molecule has 0 aromatic heterocycles. The average Bonchev–Trinajstić information content (AvgIpc) is 2.61. The molecule has 0 radical (unpaired) electrons. The van der Waals surface area contributed by atoms with Crippen LogP contribution < -0.4 is 5.32 Å². The summed E-state index contributed by atoms with van der Waals surface area (Å²) in [4.78, 5) is 2.68. The maximum Gasteiger partial charge on any atom is 0.0443 e. The summed E-state index contributed by atoms with van der Waals surface area (Å²) >= 11 is 0. The molecule has 0 aromatic rings. The molecule has 3 heteroatoms. The molecule has 2 atom stereocenters. The minimum Gasteiger partial charge on any atom is -0.396 e. The first kappa shape index (κ1) is 16.3. The van der Waals surface area contributed by atoms with Crippen LogP contribution in [0.5, 0.6) is 0 Å². The number of rotatable bonds is 8. The predicted molar refractivity (Wildman–Crippen MR) is 84.9 cm³/mol. The Labute approximate surface area is 125 Å². The lowest BCUT2D eigenvalue weighted by Gasteiger charge is -2.41. The summed E-state index contributed by atoms with van der Waals surface area (Å²) in [6.07, 6.45) is 7.76. The molecule has 0 heterocycles. The Hall–Kier alpha value is -0.120. The van der Waals surface area contributed by atoms with Crippen molar-refractivity contribution in [1.29, 1.82) is 0 Å². The van der Waals surface area contributed by atoms with Crippen molar-refractivity contribution in [3.8, 4) is 0 Å². The van der Waals surface area contributed by atoms with Gasteiger partial charge in [-0.2, -0.15) is 0 Å². The van der Waals surface area contributed by atoms with Gasteiger partial charge >= 0.3 is 0 Å². The van der Waals surface area contributed by atoms with Crippen LogP contribution in [0, 0.1) is 11.3 Å². The zero-order valence-corrected chi connectivity index (χ0v) is 13.7. The molecule has 0 bridgehead atoms. The van der Waals surface area contributed by atoms with Gasteiger partial charge in [0.15, 0.2) is 0 Å². The van der Waals surface area contributed by atoms with Crippen LogP contribution in [0.15, 0.2) is 0 Å². The molecule has 2 unspecified atom stereocenters. The summed E-state index contributed by atoms with van der Waals surface area (Å²) < 4.78 is 0. The molecule has 0 saturated heterocycles. The van der Waals surface area contributed by atoms with Crippen molar-refractivity contribution in [2.75, 3.05) is 26.2 Å². The minimum absolute atomic E-state index is 0.329. The third kappa shape index (κ3) is 3.75. The zero-order chi connectivity index (χ0) is 14.6. The first-order valence-corrected chi connectivity index (χ1v) is 8.66. The highest BCUT2D eigenvalue weighted by Crippen LogP contribution is 2.42. The van der Waals surface area contributed by atoms with Crippen molar-refractivity contribution in [1.82, 2.24) is 10.2 Å². The maximum atomic E-state index is 9.13. The fourth-order valence-corrected chi connectivity index (χ4v) is 4.13. The SMILES string of the molecule is CCNC1C(CN(CCCO)C2CCC2)CCC1(C)C.